The normalized spacial score (nSPS) is 25.9. The molecule has 5 nitrogen and oxygen atoms in total. The van der Waals surface area contributed by atoms with E-state index in [1.807, 2.05) is 25.7 Å². The van der Waals surface area contributed by atoms with Crippen LogP contribution in [0.25, 0.3) is 0 Å². The van der Waals surface area contributed by atoms with E-state index in [9.17, 15) is 9.59 Å². The number of hydrogen-bond donors (Lipinski definition) is 2. The predicted molar refractivity (Wildman–Crippen MR) is 64.4 cm³/mol. The Morgan fingerprint density at radius 3 is 2.47 bits per heavy atom. The molecule has 0 spiro atoms. The number of nitrogens with one attached hydrogen (secondary N) is 2. The van der Waals surface area contributed by atoms with E-state index in [4.69, 9.17) is 0 Å². The van der Waals surface area contributed by atoms with Crippen LogP contribution in [0.4, 0.5) is 0 Å². The molecule has 2 saturated heterocycles. The van der Waals surface area contributed by atoms with Gasteiger partial charge < -0.3 is 15.5 Å². The van der Waals surface area contributed by atoms with Gasteiger partial charge in [-0.05, 0) is 20.8 Å². The van der Waals surface area contributed by atoms with E-state index in [0.29, 0.717) is 13.0 Å². The summed E-state index contributed by atoms with van der Waals surface area (Å²) in [5, 5.41) is 6.04. The van der Waals surface area contributed by atoms with Gasteiger partial charge in [-0.25, -0.2) is 0 Å². The predicted octanol–water partition coefficient (Wildman–Crippen LogP) is -0.279. The van der Waals surface area contributed by atoms with Crippen molar-refractivity contribution in [3.63, 3.8) is 0 Å². The van der Waals surface area contributed by atoms with Crippen LogP contribution in [0.5, 0.6) is 0 Å². The second kappa shape index (κ2) is 4.29. The number of likely N-dealkylation sites (tertiary alicyclic amines) is 1. The summed E-state index contributed by atoms with van der Waals surface area (Å²) in [6.45, 7) is 8.21. The summed E-state index contributed by atoms with van der Waals surface area (Å²) in [5.74, 6) is 0.306. The maximum Gasteiger partial charge on any atom is 0.225 e. The molecule has 0 aromatic rings. The van der Waals surface area contributed by atoms with Crippen molar-refractivity contribution in [2.45, 2.75) is 38.8 Å². The first-order valence-corrected chi connectivity index (χ1v) is 6.19. The minimum absolute atomic E-state index is 0.0187. The van der Waals surface area contributed by atoms with Gasteiger partial charge in [-0.2, -0.15) is 0 Å². The SMILES string of the molecule is CC(C)(C)N1CC(NC(=O)C2CNC2)CC1=O. The molecule has 2 amide bonds. The Kier molecular flexibility index (Phi) is 3.12. The number of nitrogens with zero attached hydrogens (tertiary/aromatic N) is 1. The van der Waals surface area contributed by atoms with Crippen molar-refractivity contribution in [1.29, 1.82) is 0 Å². The van der Waals surface area contributed by atoms with Crippen molar-refractivity contribution in [3.05, 3.63) is 0 Å². The molecule has 0 aromatic carbocycles. The van der Waals surface area contributed by atoms with Crippen LogP contribution in [0.1, 0.15) is 27.2 Å². The van der Waals surface area contributed by atoms with Gasteiger partial charge in [-0.15, -0.1) is 0 Å². The van der Waals surface area contributed by atoms with E-state index in [0.717, 1.165) is 13.1 Å². The van der Waals surface area contributed by atoms with E-state index in [-0.39, 0.29) is 29.3 Å². The highest BCUT2D eigenvalue weighted by Gasteiger charge is 2.37. The fourth-order valence-electron chi connectivity index (χ4n) is 2.25. The van der Waals surface area contributed by atoms with E-state index >= 15 is 0 Å². The van der Waals surface area contributed by atoms with Crippen LogP contribution < -0.4 is 10.6 Å². The molecule has 0 bridgehead atoms. The minimum Gasteiger partial charge on any atom is -0.351 e. The molecule has 2 rings (SSSR count). The molecule has 96 valence electrons. The third kappa shape index (κ3) is 2.60. The van der Waals surface area contributed by atoms with Gasteiger partial charge in [0, 0.05) is 31.6 Å². The molecule has 17 heavy (non-hydrogen) atoms. The Bertz CT molecular complexity index is 331. The zero-order valence-electron chi connectivity index (χ0n) is 10.7. The van der Waals surface area contributed by atoms with Gasteiger partial charge in [0.15, 0.2) is 0 Å². The lowest BCUT2D eigenvalue weighted by Gasteiger charge is -2.32. The first-order valence-electron chi connectivity index (χ1n) is 6.19. The summed E-state index contributed by atoms with van der Waals surface area (Å²) in [4.78, 5) is 25.4. The molecule has 2 N–H and O–H groups in total. The Hall–Kier alpha value is -1.10. The lowest BCUT2D eigenvalue weighted by molar-refractivity contribution is -0.131. The molecule has 1 unspecified atom stereocenters. The molecule has 0 aliphatic carbocycles. The lowest BCUT2D eigenvalue weighted by Crippen LogP contribution is -2.53. The first-order chi connectivity index (χ1) is 7.88. The number of hydrogen-bond acceptors (Lipinski definition) is 3. The average molecular weight is 239 g/mol. The van der Waals surface area contributed by atoms with Crippen molar-refractivity contribution >= 4 is 11.8 Å². The summed E-state index contributed by atoms with van der Waals surface area (Å²) in [5.41, 5.74) is -0.158. The molecule has 0 saturated carbocycles. The molecule has 0 aromatic heterocycles. The zero-order chi connectivity index (χ0) is 12.6. The molecule has 2 aliphatic rings. The molecule has 0 radical (unpaired) electrons. The zero-order valence-corrected chi connectivity index (χ0v) is 10.7. The number of rotatable bonds is 2. The highest BCUT2D eigenvalue weighted by atomic mass is 16.2. The second-order valence-electron chi connectivity index (χ2n) is 5.94. The largest absolute Gasteiger partial charge is 0.351 e. The van der Waals surface area contributed by atoms with Gasteiger partial charge in [0.2, 0.25) is 11.8 Å². The van der Waals surface area contributed by atoms with Crippen LogP contribution in [0.2, 0.25) is 0 Å². The van der Waals surface area contributed by atoms with Crippen LogP contribution in [0.3, 0.4) is 0 Å². The quantitative estimate of drug-likeness (QED) is 0.697. The topological polar surface area (TPSA) is 61.4 Å². The van der Waals surface area contributed by atoms with Gasteiger partial charge in [0.25, 0.3) is 0 Å². The molecule has 1 atom stereocenters. The molecule has 5 heteroatoms. The lowest BCUT2D eigenvalue weighted by atomic mass is 10.0. The van der Waals surface area contributed by atoms with Crippen molar-refractivity contribution in [2.24, 2.45) is 5.92 Å². The van der Waals surface area contributed by atoms with Crippen molar-refractivity contribution in [2.75, 3.05) is 19.6 Å². The molecule has 2 heterocycles. The van der Waals surface area contributed by atoms with Crippen molar-refractivity contribution < 1.29 is 9.59 Å². The maximum atomic E-state index is 11.8. The van der Waals surface area contributed by atoms with Crippen LogP contribution in [0, 0.1) is 5.92 Å². The van der Waals surface area contributed by atoms with Gasteiger partial charge in [0.05, 0.1) is 12.0 Å². The number of carbonyl (C=O) groups excluding carboxylic acids is 2. The summed E-state index contributed by atoms with van der Waals surface area (Å²) < 4.78 is 0. The van der Waals surface area contributed by atoms with E-state index in [2.05, 4.69) is 10.6 Å². The Morgan fingerprint density at radius 2 is 2.06 bits per heavy atom. The van der Waals surface area contributed by atoms with Crippen LogP contribution >= 0.6 is 0 Å². The number of carbonyl (C=O) groups is 2. The summed E-state index contributed by atoms with van der Waals surface area (Å²) in [7, 11) is 0. The Morgan fingerprint density at radius 1 is 1.41 bits per heavy atom. The van der Waals surface area contributed by atoms with Crippen LogP contribution in [-0.2, 0) is 9.59 Å². The van der Waals surface area contributed by atoms with Crippen molar-refractivity contribution in [1.82, 2.24) is 15.5 Å². The third-order valence-corrected chi connectivity index (χ3v) is 3.43. The molecular weight excluding hydrogens is 218 g/mol. The monoisotopic (exact) mass is 239 g/mol. The van der Waals surface area contributed by atoms with E-state index in [1.165, 1.54) is 0 Å². The summed E-state index contributed by atoms with van der Waals surface area (Å²) >= 11 is 0. The van der Waals surface area contributed by atoms with Gasteiger partial charge in [-0.3, -0.25) is 9.59 Å². The van der Waals surface area contributed by atoms with Crippen molar-refractivity contribution in [3.8, 4) is 0 Å². The summed E-state index contributed by atoms with van der Waals surface area (Å²) in [6, 6.07) is -0.0187. The first kappa shape index (κ1) is 12.4. The Balaban J connectivity index is 1.88. The van der Waals surface area contributed by atoms with E-state index < -0.39 is 0 Å². The minimum atomic E-state index is -0.158. The molecular formula is C12H21N3O2. The fraction of sp³-hybridized carbons (Fsp3) is 0.833. The standard InChI is InChI=1S/C12H21N3O2/c1-12(2,3)15-7-9(4-10(15)16)14-11(17)8-5-13-6-8/h8-9,13H,4-7H2,1-3H3,(H,14,17). The van der Waals surface area contributed by atoms with Gasteiger partial charge >= 0.3 is 0 Å². The Labute approximate surface area is 102 Å². The third-order valence-electron chi connectivity index (χ3n) is 3.43. The highest BCUT2D eigenvalue weighted by Crippen LogP contribution is 2.22. The maximum absolute atomic E-state index is 11.8. The number of amides is 2. The molecule has 2 fully saturated rings. The smallest absolute Gasteiger partial charge is 0.225 e. The summed E-state index contributed by atoms with van der Waals surface area (Å²) in [6.07, 6.45) is 0.434. The highest BCUT2D eigenvalue weighted by molar-refractivity contribution is 5.84. The van der Waals surface area contributed by atoms with Gasteiger partial charge in [-0.1, -0.05) is 0 Å². The average Bonchev–Trinajstić information content (AvgIpc) is 2.41. The van der Waals surface area contributed by atoms with Crippen LogP contribution in [0.15, 0.2) is 0 Å². The molecule has 2 aliphatic heterocycles. The second-order valence-corrected chi connectivity index (χ2v) is 5.94. The van der Waals surface area contributed by atoms with Crippen LogP contribution in [-0.4, -0.2) is 47.9 Å². The fourth-order valence-corrected chi connectivity index (χ4v) is 2.25. The van der Waals surface area contributed by atoms with E-state index in [1.54, 1.807) is 0 Å². The van der Waals surface area contributed by atoms with Gasteiger partial charge in [0.1, 0.15) is 0 Å².